The van der Waals surface area contributed by atoms with E-state index < -0.39 is 0 Å². The van der Waals surface area contributed by atoms with Gasteiger partial charge < -0.3 is 11.1 Å². The molecule has 1 fully saturated rings. The summed E-state index contributed by atoms with van der Waals surface area (Å²) in [5, 5.41) is 11.8. The van der Waals surface area contributed by atoms with E-state index in [0.717, 1.165) is 12.8 Å². The van der Waals surface area contributed by atoms with Crippen molar-refractivity contribution in [2.45, 2.75) is 37.6 Å². The number of nitriles is 1. The average Bonchev–Trinajstić information content (AvgIpc) is 2.38. The van der Waals surface area contributed by atoms with Gasteiger partial charge in [0.25, 0.3) is 0 Å². The maximum atomic E-state index is 8.61. The van der Waals surface area contributed by atoms with E-state index in [9.17, 15) is 0 Å². The summed E-state index contributed by atoms with van der Waals surface area (Å²) < 4.78 is 0. The van der Waals surface area contributed by atoms with Crippen LogP contribution in [0.25, 0.3) is 0 Å². The third-order valence-corrected chi connectivity index (χ3v) is 3.24. The molecule has 1 aromatic heterocycles. The Morgan fingerprint density at radius 1 is 1.29 bits per heavy atom. The van der Waals surface area contributed by atoms with Gasteiger partial charge in [0.15, 0.2) is 5.69 Å². The summed E-state index contributed by atoms with van der Waals surface area (Å²) in [7, 11) is 0. The number of nitrogens with zero attached hydrogens (tertiary/aromatic N) is 3. The maximum Gasteiger partial charge on any atom is 0.158 e. The Balaban J connectivity index is 1.90. The first-order valence-corrected chi connectivity index (χ1v) is 5.97. The SMILES string of the molecule is N#Cc1cnc(NCC2(N)CCCCC2)cn1. The molecule has 0 radical (unpaired) electrons. The second-order valence-electron chi connectivity index (χ2n) is 4.68. The zero-order chi connectivity index (χ0) is 12.1. The van der Waals surface area contributed by atoms with E-state index in [0.29, 0.717) is 18.1 Å². The molecule has 0 saturated heterocycles. The fraction of sp³-hybridized carbons (Fsp3) is 0.583. The lowest BCUT2D eigenvalue weighted by molar-refractivity contribution is 0.311. The fourth-order valence-electron chi connectivity index (χ4n) is 2.18. The molecule has 0 aromatic carbocycles. The first-order valence-electron chi connectivity index (χ1n) is 5.97. The molecule has 1 aromatic rings. The van der Waals surface area contributed by atoms with Gasteiger partial charge in [0.2, 0.25) is 0 Å². The van der Waals surface area contributed by atoms with E-state index in [-0.39, 0.29) is 5.54 Å². The van der Waals surface area contributed by atoms with Crippen molar-refractivity contribution in [1.29, 1.82) is 5.26 Å². The quantitative estimate of drug-likeness (QED) is 0.821. The summed E-state index contributed by atoms with van der Waals surface area (Å²) in [6.45, 7) is 0.716. The van der Waals surface area contributed by atoms with Crippen LogP contribution < -0.4 is 11.1 Å². The van der Waals surface area contributed by atoms with Gasteiger partial charge in [0.1, 0.15) is 11.9 Å². The van der Waals surface area contributed by atoms with Crippen molar-refractivity contribution in [3.63, 3.8) is 0 Å². The van der Waals surface area contributed by atoms with E-state index >= 15 is 0 Å². The van der Waals surface area contributed by atoms with Gasteiger partial charge in [-0.25, -0.2) is 9.97 Å². The van der Waals surface area contributed by atoms with Crippen LogP contribution in [-0.4, -0.2) is 22.1 Å². The smallest absolute Gasteiger partial charge is 0.158 e. The first kappa shape index (κ1) is 11.8. The molecule has 1 heterocycles. The van der Waals surface area contributed by atoms with Crippen LogP contribution in [0.15, 0.2) is 12.4 Å². The first-order chi connectivity index (χ1) is 8.22. The van der Waals surface area contributed by atoms with Crippen LogP contribution in [0.5, 0.6) is 0 Å². The molecule has 0 atom stereocenters. The van der Waals surface area contributed by atoms with Gasteiger partial charge in [-0.1, -0.05) is 19.3 Å². The van der Waals surface area contributed by atoms with E-state index in [1.807, 2.05) is 6.07 Å². The molecule has 90 valence electrons. The molecule has 0 amide bonds. The zero-order valence-corrected chi connectivity index (χ0v) is 9.82. The minimum atomic E-state index is -0.117. The summed E-state index contributed by atoms with van der Waals surface area (Å²) in [6.07, 6.45) is 8.86. The topological polar surface area (TPSA) is 87.6 Å². The number of hydrogen-bond acceptors (Lipinski definition) is 5. The molecule has 3 N–H and O–H groups in total. The van der Waals surface area contributed by atoms with Crippen molar-refractivity contribution in [2.75, 3.05) is 11.9 Å². The summed E-state index contributed by atoms with van der Waals surface area (Å²) in [4.78, 5) is 8.07. The van der Waals surface area contributed by atoms with Crippen molar-refractivity contribution in [3.8, 4) is 6.07 Å². The van der Waals surface area contributed by atoms with E-state index in [4.69, 9.17) is 11.0 Å². The molecule has 1 saturated carbocycles. The van der Waals surface area contributed by atoms with Gasteiger partial charge >= 0.3 is 0 Å². The summed E-state index contributed by atoms with van der Waals surface area (Å²) >= 11 is 0. The van der Waals surface area contributed by atoms with Gasteiger partial charge in [0, 0.05) is 12.1 Å². The minimum absolute atomic E-state index is 0.117. The average molecular weight is 231 g/mol. The van der Waals surface area contributed by atoms with Gasteiger partial charge in [-0.15, -0.1) is 0 Å². The number of aromatic nitrogens is 2. The monoisotopic (exact) mass is 231 g/mol. The van der Waals surface area contributed by atoms with Crippen LogP contribution in [0.2, 0.25) is 0 Å². The second-order valence-corrected chi connectivity index (χ2v) is 4.68. The third kappa shape index (κ3) is 3.14. The molecule has 0 bridgehead atoms. The number of nitrogens with two attached hydrogens (primary N) is 1. The van der Waals surface area contributed by atoms with Gasteiger partial charge in [0.05, 0.1) is 12.4 Å². The summed E-state index contributed by atoms with van der Waals surface area (Å²) in [5.41, 5.74) is 6.51. The predicted molar refractivity (Wildman–Crippen MR) is 65.2 cm³/mol. The highest BCUT2D eigenvalue weighted by atomic mass is 15.0. The van der Waals surface area contributed by atoms with Crippen LogP contribution in [0.4, 0.5) is 5.82 Å². The van der Waals surface area contributed by atoms with Crippen molar-refractivity contribution in [1.82, 2.24) is 9.97 Å². The zero-order valence-electron chi connectivity index (χ0n) is 9.82. The van der Waals surface area contributed by atoms with Crippen LogP contribution in [0.1, 0.15) is 37.8 Å². The van der Waals surface area contributed by atoms with Gasteiger partial charge in [-0.05, 0) is 12.8 Å². The molecule has 1 aliphatic carbocycles. The molecular weight excluding hydrogens is 214 g/mol. The highest BCUT2D eigenvalue weighted by molar-refractivity contribution is 5.33. The molecular formula is C12H17N5. The van der Waals surface area contributed by atoms with Crippen molar-refractivity contribution in [2.24, 2.45) is 5.73 Å². The number of rotatable bonds is 3. The molecule has 17 heavy (non-hydrogen) atoms. The highest BCUT2D eigenvalue weighted by Crippen LogP contribution is 2.25. The van der Waals surface area contributed by atoms with Crippen molar-refractivity contribution >= 4 is 5.82 Å². The largest absolute Gasteiger partial charge is 0.367 e. The van der Waals surface area contributed by atoms with E-state index in [1.165, 1.54) is 25.5 Å². The number of hydrogen-bond donors (Lipinski definition) is 2. The normalized spacial score (nSPS) is 18.4. The Morgan fingerprint density at radius 3 is 2.65 bits per heavy atom. The maximum absolute atomic E-state index is 8.61. The van der Waals surface area contributed by atoms with Crippen LogP contribution in [0.3, 0.4) is 0 Å². The lowest BCUT2D eigenvalue weighted by Crippen LogP contribution is -2.47. The van der Waals surface area contributed by atoms with E-state index in [1.54, 1.807) is 6.20 Å². The Kier molecular flexibility index (Phi) is 3.55. The minimum Gasteiger partial charge on any atom is -0.367 e. The Morgan fingerprint density at radius 2 is 2.06 bits per heavy atom. The van der Waals surface area contributed by atoms with Crippen molar-refractivity contribution in [3.05, 3.63) is 18.1 Å². The molecule has 5 nitrogen and oxygen atoms in total. The Hall–Kier alpha value is -1.67. The van der Waals surface area contributed by atoms with Gasteiger partial charge in [-0.3, -0.25) is 0 Å². The van der Waals surface area contributed by atoms with Gasteiger partial charge in [-0.2, -0.15) is 5.26 Å². The molecule has 0 aliphatic heterocycles. The Labute approximate surface area is 101 Å². The molecule has 1 aliphatic rings. The standard InChI is InChI=1S/C12H17N5/c13-6-10-7-16-11(8-15-10)17-9-12(14)4-2-1-3-5-12/h7-8H,1-5,9,14H2,(H,16,17). The van der Waals surface area contributed by atoms with Crippen LogP contribution in [-0.2, 0) is 0 Å². The lowest BCUT2D eigenvalue weighted by Gasteiger charge is -2.33. The number of anilines is 1. The summed E-state index contributed by atoms with van der Waals surface area (Å²) in [6, 6.07) is 1.94. The predicted octanol–water partition coefficient (Wildman–Crippen LogP) is 1.42. The van der Waals surface area contributed by atoms with Crippen molar-refractivity contribution < 1.29 is 0 Å². The Bertz CT molecular complexity index is 400. The fourth-order valence-corrected chi connectivity index (χ4v) is 2.18. The van der Waals surface area contributed by atoms with E-state index in [2.05, 4.69) is 15.3 Å². The molecule has 2 rings (SSSR count). The third-order valence-electron chi connectivity index (χ3n) is 3.24. The molecule has 0 spiro atoms. The lowest BCUT2D eigenvalue weighted by atomic mass is 9.82. The number of nitrogens with one attached hydrogen (secondary N) is 1. The van der Waals surface area contributed by atoms with Crippen LogP contribution >= 0.6 is 0 Å². The highest BCUT2D eigenvalue weighted by Gasteiger charge is 2.26. The summed E-state index contributed by atoms with van der Waals surface area (Å²) in [5.74, 6) is 0.680. The molecule has 0 unspecified atom stereocenters. The van der Waals surface area contributed by atoms with Crippen LogP contribution in [0, 0.1) is 11.3 Å². The molecule has 5 heteroatoms. The second kappa shape index (κ2) is 5.11.